The summed E-state index contributed by atoms with van der Waals surface area (Å²) in [7, 11) is -3.65. The van der Waals surface area contributed by atoms with E-state index in [-0.39, 0.29) is 10.9 Å². The summed E-state index contributed by atoms with van der Waals surface area (Å²) in [4.78, 5) is 14.0. The summed E-state index contributed by atoms with van der Waals surface area (Å²) in [6, 6.07) is 6.38. The van der Waals surface area contributed by atoms with Crippen LogP contribution in [0.2, 0.25) is 0 Å². The Hall–Kier alpha value is -1.60. The van der Waals surface area contributed by atoms with Crippen molar-refractivity contribution in [3.63, 3.8) is 0 Å². The molecule has 0 radical (unpaired) electrons. The number of primary sulfonamides is 1. The van der Waals surface area contributed by atoms with Gasteiger partial charge in [-0.3, -0.25) is 0 Å². The van der Waals surface area contributed by atoms with E-state index in [0.717, 1.165) is 25.1 Å². The van der Waals surface area contributed by atoms with Crippen molar-refractivity contribution in [1.29, 1.82) is 0 Å². The molecule has 1 unspecified atom stereocenters. The Bertz CT molecular complexity index is 613. The minimum absolute atomic E-state index is 0.0206. The highest BCUT2D eigenvalue weighted by molar-refractivity contribution is 7.89. The number of likely N-dealkylation sites (tertiary alicyclic amines) is 1. The third-order valence-electron chi connectivity index (χ3n) is 3.89. The van der Waals surface area contributed by atoms with E-state index in [2.05, 4.69) is 12.2 Å². The molecule has 22 heavy (non-hydrogen) atoms. The van der Waals surface area contributed by atoms with E-state index >= 15 is 0 Å². The molecule has 122 valence electrons. The highest BCUT2D eigenvalue weighted by Gasteiger charge is 2.20. The van der Waals surface area contributed by atoms with E-state index in [1.165, 1.54) is 18.6 Å². The van der Waals surface area contributed by atoms with Crippen molar-refractivity contribution in [1.82, 2.24) is 10.2 Å². The maximum atomic E-state index is 12.0. The minimum atomic E-state index is -3.65. The van der Waals surface area contributed by atoms with E-state index in [1.807, 2.05) is 4.90 Å². The standard InChI is InChI=1S/C15H23N3O3S/c1-12-3-2-10-18(11-12)15(19)17-9-8-13-4-6-14(7-5-13)22(16,20)21/h4-7,12H,2-3,8-11H2,1H3,(H,17,19)(H2,16,20,21). The molecule has 1 aromatic carbocycles. The van der Waals surface area contributed by atoms with Gasteiger partial charge in [0, 0.05) is 19.6 Å². The number of sulfonamides is 1. The first-order chi connectivity index (χ1) is 10.4. The summed E-state index contributed by atoms with van der Waals surface area (Å²) in [5, 5.41) is 7.96. The average Bonchev–Trinajstić information content (AvgIpc) is 2.47. The number of benzene rings is 1. The maximum Gasteiger partial charge on any atom is 0.317 e. The van der Waals surface area contributed by atoms with Crippen LogP contribution in [-0.2, 0) is 16.4 Å². The highest BCUT2D eigenvalue weighted by Crippen LogP contribution is 2.15. The smallest absolute Gasteiger partial charge is 0.317 e. The van der Waals surface area contributed by atoms with Gasteiger partial charge in [0.1, 0.15) is 0 Å². The monoisotopic (exact) mass is 325 g/mol. The van der Waals surface area contributed by atoms with E-state index in [4.69, 9.17) is 5.14 Å². The first-order valence-electron chi connectivity index (χ1n) is 7.51. The number of hydrogen-bond donors (Lipinski definition) is 2. The van der Waals surface area contributed by atoms with Crippen LogP contribution in [0, 0.1) is 5.92 Å². The van der Waals surface area contributed by atoms with Gasteiger partial charge in [0.2, 0.25) is 10.0 Å². The van der Waals surface area contributed by atoms with Gasteiger partial charge in [0.05, 0.1) is 4.90 Å². The van der Waals surface area contributed by atoms with Crippen LogP contribution in [0.5, 0.6) is 0 Å². The van der Waals surface area contributed by atoms with Crippen LogP contribution in [0.15, 0.2) is 29.2 Å². The third-order valence-corrected chi connectivity index (χ3v) is 4.82. The van der Waals surface area contributed by atoms with Crippen molar-refractivity contribution < 1.29 is 13.2 Å². The van der Waals surface area contributed by atoms with E-state index in [9.17, 15) is 13.2 Å². The van der Waals surface area contributed by atoms with Crippen molar-refractivity contribution in [3.05, 3.63) is 29.8 Å². The lowest BCUT2D eigenvalue weighted by molar-refractivity contribution is 0.170. The zero-order valence-corrected chi connectivity index (χ0v) is 13.6. The summed E-state index contributed by atoms with van der Waals surface area (Å²) in [5.74, 6) is 0.560. The fraction of sp³-hybridized carbons (Fsp3) is 0.533. The second kappa shape index (κ2) is 7.11. The van der Waals surface area contributed by atoms with Gasteiger partial charge in [0.25, 0.3) is 0 Å². The van der Waals surface area contributed by atoms with Gasteiger partial charge in [-0.05, 0) is 42.9 Å². The van der Waals surface area contributed by atoms with Gasteiger partial charge in [-0.25, -0.2) is 18.4 Å². The number of nitrogens with two attached hydrogens (primary N) is 1. The lowest BCUT2D eigenvalue weighted by Crippen LogP contribution is -2.45. The van der Waals surface area contributed by atoms with Crippen LogP contribution in [0.25, 0.3) is 0 Å². The average molecular weight is 325 g/mol. The number of carbonyl (C=O) groups excluding carboxylic acids is 1. The molecule has 1 aliphatic rings. The zero-order valence-electron chi connectivity index (χ0n) is 12.8. The van der Waals surface area contributed by atoms with Gasteiger partial charge >= 0.3 is 6.03 Å². The summed E-state index contributed by atoms with van der Waals surface area (Å²) in [5.41, 5.74) is 0.958. The Morgan fingerprint density at radius 1 is 1.36 bits per heavy atom. The van der Waals surface area contributed by atoms with Crippen molar-refractivity contribution in [2.24, 2.45) is 11.1 Å². The Labute approximate surface area is 131 Å². The van der Waals surface area contributed by atoms with Crippen molar-refractivity contribution in [2.45, 2.75) is 31.1 Å². The molecule has 0 saturated carbocycles. The topological polar surface area (TPSA) is 92.5 Å². The number of amides is 2. The summed E-state index contributed by atoms with van der Waals surface area (Å²) in [6.07, 6.45) is 2.89. The van der Waals surface area contributed by atoms with Gasteiger partial charge in [-0.1, -0.05) is 19.1 Å². The van der Waals surface area contributed by atoms with Gasteiger partial charge in [-0.2, -0.15) is 0 Å². The second-order valence-electron chi connectivity index (χ2n) is 5.86. The third kappa shape index (κ3) is 4.71. The fourth-order valence-corrected chi connectivity index (χ4v) is 3.16. The largest absolute Gasteiger partial charge is 0.338 e. The molecule has 0 aromatic heterocycles. The molecule has 1 aromatic rings. The molecule has 3 N–H and O–H groups in total. The molecular formula is C15H23N3O3S. The molecule has 2 amide bonds. The Morgan fingerprint density at radius 3 is 2.64 bits per heavy atom. The number of nitrogens with one attached hydrogen (secondary N) is 1. The Kier molecular flexibility index (Phi) is 5.42. The zero-order chi connectivity index (χ0) is 16.2. The van der Waals surface area contributed by atoms with Crippen LogP contribution in [-0.4, -0.2) is 39.0 Å². The molecule has 1 heterocycles. The first-order valence-corrected chi connectivity index (χ1v) is 9.05. The summed E-state index contributed by atoms with van der Waals surface area (Å²) in [6.45, 7) is 4.32. The number of carbonyl (C=O) groups is 1. The molecule has 0 spiro atoms. The summed E-state index contributed by atoms with van der Waals surface area (Å²) < 4.78 is 22.3. The number of piperidine rings is 1. The number of hydrogen-bond acceptors (Lipinski definition) is 3. The quantitative estimate of drug-likeness (QED) is 0.874. The molecule has 1 aliphatic heterocycles. The fourth-order valence-electron chi connectivity index (χ4n) is 2.65. The molecule has 2 rings (SSSR count). The SMILES string of the molecule is CC1CCCN(C(=O)NCCc2ccc(S(N)(=O)=O)cc2)C1. The van der Waals surface area contributed by atoms with Gasteiger partial charge < -0.3 is 10.2 Å². The van der Waals surface area contributed by atoms with Crippen LogP contribution < -0.4 is 10.5 Å². The van der Waals surface area contributed by atoms with Crippen molar-refractivity contribution >= 4 is 16.1 Å². The lowest BCUT2D eigenvalue weighted by Gasteiger charge is -2.30. The number of urea groups is 1. The molecule has 0 bridgehead atoms. The predicted octanol–water partition coefficient (Wildman–Crippen LogP) is 1.32. The Morgan fingerprint density at radius 2 is 2.05 bits per heavy atom. The van der Waals surface area contributed by atoms with Crippen LogP contribution in [0.3, 0.4) is 0 Å². The van der Waals surface area contributed by atoms with E-state index < -0.39 is 10.0 Å². The molecule has 7 heteroatoms. The van der Waals surface area contributed by atoms with Crippen LogP contribution in [0.4, 0.5) is 4.79 Å². The second-order valence-corrected chi connectivity index (χ2v) is 7.43. The van der Waals surface area contributed by atoms with Gasteiger partial charge in [-0.15, -0.1) is 0 Å². The predicted molar refractivity (Wildman–Crippen MR) is 84.9 cm³/mol. The maximum absolute atomic E-state index is 12.0. The van der Waals surface area contributed by atoms with E-state index in [1.54, 1.807) is 12.1 Å². The van der Waals surface area contributed by atoms with Crippen LogP contribution in [0.1, 0.15) is 25.3 Å². The minimum Gasteiger partial charge on any atom is -0.338 e. The lowest BCUT2D eigenvalue weighted by atomic mass is 10.0. The normalized spacial score (nSPS) is 19.0. The molecule has 1 atom stereocenters. The highest BCUT2D eigenvalue weighted by atomic mass is 32.2. The Balaban J connectivity index is 1.80. The van der Waals surface area contributed by atoms with Crippen molar-refractivity contribution in [3.8, 4) is 0 Å². The van der Waals surface area contributed by atoms with Crippen LogP contribution >= 0.6 is 0 Å². The van der Waals surface area contributed by atoms with E-state index in [0.29, 0.717) is 18.9 Å². The molecule has 6 nitrogen and oxygen atoms in total. The molecule has 0 aliphatic carbocycles. The molecule has 1 saturated heterocycles. The summed E-state index contributed by atoms with van der Waals surface area (Å²) >= 11 is 0. The van der Waals surface area contributed by atoms with Crippen molar-refractivity contribution in [2.75, 3.05) is 19.6 Å². The molecular weight excluding hydrogens is 302 g/mol. The number of rotatable bonds is 4. The number of nitrogens with zero attached hydrogens (tertiary/aromatic N) is 1. The first kappa shape index (κ1) is 16.8. The molecule has 1 fully saturated rings. The van der Waals surface area contributed by atoms with Gasteiger partial charge in [0.15, 0.2) is 0 Å².